The zero-order valence-electron chi connectivity index (χ0n) is 19.9. The average molecular weight is 593 g/mol. The highest BCUT2D eigenvalue weighted by atomic mass is 79.9. The standard InChI is InChI=1S/C25H26BrN3O5S2/c1-16-5-4-6-17(2)23(16)29-36(31,32)20-10-8-19(9-11-20)27-25(35)28-24(30)18-7-12-22(21(26)15-18)34-14-13-33-3/h4-12,15,29H,13-14H2,1-3H3,(H2,27,28,30,35). The number of ether oxygens (including phenoxy) is 2. The Morgan fingerprint density at radius 1 is 1.00 bits per heavy atom. The van der Waals surface area contributed by atoms with E-state index >= 15 is 0 Å². The number of nitrogens with one attached hydrogen (secondary N) is 3. The molecule has 0 saturated heterocycles. The predicted octanol–water partition coefficient (Wildman–Crippen LogP) is 5.02. The smallest absolute Gasteiger partial charge is 0.261 e. The second-order valence-electron chi connectivity index (χ2n) is 7.79. The van der Waals surface area contributed by atoms with E-state index in [1.807, 2.05) is 32.0 Å². The van der Waals surface area contributed by atoms with Crippen molar-refractivity contribution in [2.24, 2.45) is 0 Å². The van der Waals surface area contributed by atoms with Crippen molar-refractivity contribution in [2.75, 3.05) is 30.4 Å². The topological polar surface area (TPSA) is 106 Å². The predicted molar refractivity (Wildman–Crippen MR) is 148 cm³/mol. The van der Waals surface area contributed by atoms with E-state index in [4.69, 9.17) is 21.7 Å². The van der Waals surface area contributed by atoms with E-state index < -0.39 is 15.9 Å². The molecule has 1 amide bonds. The summed E-state index contributed by atoms with van der Waals surface area (Å²) in [4.78, 5) is 12.7. The number of methoxy groups -OCH3 is 1. The molecular weight excluding hydrogens is 566 g/mol. The van der Waals surface area contributed by atoms with E-state index in [1.54, 1.807) is 37.4 Å². The minimum absolute atomic E-state index is 0.0702. The van der Waals surface area contributed by atoms with Gasteiger partial charge in [-0.3, -0.25) is 14.8 Å². The van der Waals surface area contributed by atoms with Gasteiger partial charge >= 0.3 is 0 Å². The van der Waals surface area contributed by atoms with Gasteiger partial charge in [0.15, 0.2) is 5.11 Å². The molecule has 190 valence electrons. The molecule has 0 unspecified atom stereocenters. The fourth-order valence-corrected chi connectivity index (χ4v) is 5.12. The number of amides is 1. The molecule has 0 aliphatic heterocycles. The van der Waals surface area contributed by atoms with Gasteiger partial charge in [-0.15, -0.1) is 0 Å². The molecule has 0 bridgehead atoms. The van der Waals surface area contributed by atoms with Crippen LogP contribution in [0.3, 0.4) is 0 Å². The molecule has 36 heavy (non-hydrogen) atoms. The molecule has 3 aromatic rings. The lowest BCUT2D eigenvalue weighted by atomic mass is 10.1. The summed E-state index contributed by atoms with van der Waals surface area (Å²) in [5, 5.41) is 5.56. The number of hydrogen-bond acceptors (Lipinski definition) is 6. The first-order valence-electron chi connectivity index (χ1n) is 10.8. The molecule has 0 aliphatic carbocycles. The number of carbonyl (C=O) groups is 1. The highest BCUT2D eigenvalue weighted by Gasteiger charge is 2.17. The molecule has 0 radical (unpaired) electrons. The van der Waals surface area contributed by atoms with Crippen molar-refractivity contribution < 1.29 is 22.7 Å². The second-order valence-corrected chi connectivity index (χ2v) is 10.7. The van der Waals surface area contributed by atoms with Gasteiger partial charge < -0.3 is 14.8 Å². The minimum atomic E-state index is -3.78. The van der Waals surface area contributed by atoms with Crippen LogP contribution in [0.1, 0.15) is 21.5 Å². The van der Waals surface area contributed by atoms with Gasteiger partial charge in [0.25, 0.3) is 15.9 Å². The van der Waals surface area contributed by atoms with Crippen molar-refractivity contribution in [3.63, 3.8) is 0 Å². The summed E-state index contributed by atoms with van der Waals surface area (Å²) in [5.74, 6) is 0.181. The Kier molecular flexibility index (Phi) is 9.43. The monoisotopic (exact) mass is 591 g/mol. The lowest BCUT2D eigenvalue weighted by molar-refractivity contribution is 0.0977. The molecule has 3 rings (SSSR count). The minimum Gasteiger partial charge on any atom is -0.490 e. The number of rotatable bonds is 9. The van der Waals surface area contributed by atoms with E-state index in [0.717, 1.165) is 11.1 Å². The van der Waals surface area contributed by atoms with Gasteiger partial charge in [0.2, 0.25) is 0 Å². The number of sulfonamides is 1. The maximum atomic E-state index is 12.8. The van der Waals surface area contributed by atoms with Crippen molar-refractivity contribution in [3.8, 4) is 5.75 Å². The van der Waals surface area contributed by atoms with Crippen LogP contribution in [0.15, 0.2) is 70.0 Å². The van der Waals surface area contributed by atoms with E-state index in [1.165, 1.54) is 12.1 Å². The molecular formula is C25H26BrN3O5S2. The molecule has 0 spiro atoms. The van der Waals surface area contributed by atoms with Crippen LogP contribution in [-0.4, -0.2) is 39.8 Å². The molecule has 3 N–H and O–H groups in total. The van der Waals surface area contributed by atoms with E-state index in [-0.39, 0.29) is 10.0 Å². The van der Waals surface area contributed by atoms with Crippen LogP contribution >= 0.6 is 28.1 Å². The van der Waals surface area contributed by atoms with Gasteiger partial charge in [-0.2, -0.15) is 0 Å². The summed E-state index contributed by atoms with van der Waals surface area (Å²) in [7, 11) is -2.19. The van der Waals surface area contributed by atoms with E-state index in [2.05, 4.69) is 31.3 Å². The fourth-order valence-electron chi connectivity index (χ4n) is 3.22. The number of benzene rings is 3. The number of thiocarbonyl (C=S) groups is 1. The Morgan fingerprint density at radius 3 is 2.28 bits per heavy atom. The lowest BCUT2D eigenvalue weighted by Gasteiger charge is -2.14. The fraction of sp³-hybridized carbons (Fsp3) is 0.200. The number of para-hydroxylation sites is 1. The largest absolute Gasteiger partial charge is 0.490 e. The first kappa shape index (κ1) is 27.6. The van der Waals surface area contributed by atoms with Crippen LogP contribution in [0.2, 0.25) is 0 Å². The summed E-state index contributed by atoms with van der Waals surface area (Å²) < 4.78 is 39.5. The highest BCUT2D eigenvalue weighted by molar-refractivity contribution is 9.10. The SMILES string of the molecule is COCCOc1ccc(C(=O)NC(=S)Nc2ccc(S(=O)(=O)Nc3c(C)cccc3C)cc2)cc1Br. The van der Waals surface area contributed by atoms with Crippen molar-refractivity contribution in [3.05, 3.63) is 81.8 Å². The van der Waals surface area contributed by atoms with Gasteiger partial charge in [0.05, 0.1) is 21.7 Å². The molecule has 0 aromatic heterocycles. The number of halogens is 1. The lowest BCUT2D eigenvalue weighted by Crippen LogP contribution is -2.34. The first-order valence-corrected chi connectivity index (χ1v) is 13.5. The van der Waals surface area contributed by atoms with Gasteiger partial charge in [0, 0.05) is 18.4 Å². The Balaban J connectivity index is 1.61. The van der Waals surface area contributed by atoms with Gasteiger partial charge in [-0.05, 0) is 95.6 Å². The third-order valence-corrected chi connectivity index (χ3v) is 7.30. The number of aryl methyl sites for hydroxylation is 2. The van der Waals surface area contributed by atoms with Crippen molar-refractivity contribution in [1.29, 1.82) is 0 Å². The Morgan fingerprint density at radius 2 is 1.67 bits per heavy atom. The summed E-state index contributed by atoms with van der Waals surface area (Å²) in [6.45, 7) is 4.52. The summed E-state index contributed by atoms with van der Waals surface area (Å²) in [6.07, 6.45) is 0. The Hall–Kier alpha value is -2.99. The van der Waals surface area contributed by atoms with Gasteiger partial charge in [-0.25, -0.2) is 8.42 Å². The van der Waals surface area contributed by atoms with Crippen LogP contribution in [0, 0.1) is 13.8 Å². The molecule has 0 atom stereocenters. The van der Waals surface area contributed by atoms with Crippen LogP contribution < -0.4 is 20.1 Å². The molecule has 0 heterocycles. The van der Waals surface area contributed by atoms with Crippen molar-refractivity contribution >= 4 is 60.6 Å². The van der Waals surface area contributed by atoms with Crippen LogP contribution in [0.25, 0.3) is 0 Å². The van der Waals surface area contributed by atoms with Gasteiger partial charge in [0.1, 0.15) is 12.4 Å². The molecule has 0 fully saturated rings. The van der Waals surface area contributed by atoms with Crippen LogP contribution in [0.4, 0.5) is 11.4 Å². The molecule has 0 aliphatic rings. The summed E-state index contributed by atoms with van der Waals surface area (Å²) >= 11 is 8.63. The molecule has 8 nitrogen and oxygen atoms in total. The number of carbonyl (C=O) groups excluding carboxylic acids is 1. The third-order valence-electron chi connectivity index (χ3n) is 5.11. The zero-order valence-corrected chi connectivity index (χ0v) is 23.1. The molecule has 11 heteroatoms. The summed E-state index contributed by atoms with van der Waals surface area (Å²) in [5.41, 5.74) is 3.12. The second kappa shape index (κ2) is 12.3. The molecule has 0 saturated carbocycles. The number of anilines is 2. The quantitative estimate of drug-likeness (QED) is 0.237. The normalized spacial score (nSPS) is 11.0. The third kappa shape index (κ3) is 7.26. The van der Waals surface area contributed by atoms with Gasteiger partial charge in [-0.1, -0.05) is 18.2 Å². The molecule has 3 aromatic carbocycles. The van der Waals surface area contributed by atoms with Crippen LogP contribution in [-0.2, 0) is 14.8 Å². The number of hydrogen-bond donors (Lipinski definition) is 3. The Labute approximate surface area is 224 Å². The highest BCUT2D eigenvalue weighted by Crippen LogP contribution is 2.26. The summed E-state index contributed by atoms with van der Waals surface area (Å²) in [6, 6.07) is 16.5. The van der Waals surface area contributed by atoms with Crippen LogP contribution in [0.5, 0.6) is 5.75 Å². The van der Waals surface area contributed by atoms with Crippen molar-refractivity contribution in [1.82, 2.24) is 5.32 Å². The maximum Gasteiger partial charge on any atom is 0.261 e. The Bertz CT molecular complexity index is 1340. The maximum absolute atomic E-state index is 12.8. The zero-order chi connectivity index (χ0) is 26.3. The van der Waals surface area contributed by atoms with E-state index in [0.29, 0.717) is 40.4 Å². The van der Waals surface area contributed by atoms with Crippen molar-refractivity contribution in [2.45, 2.75) is 18.7 Å². The average Bonchev–Trinajstić information content (AvgIpc) is 2.83. The van der Waals surface area contributed by atoms with E-state index in [9.17, 15) is 13.2 Å². The first-order chi connectivity index (χ1) is 17.1.